The van der Waals surface area contributed by atoms with Gasteiger partial charge >= 0.3 is 0 Å². The van der Waals surface area contributed by atoms with Crippen LogP contribution >= 0.6 is 0 Å². The lowest BCUT2D eigenvalue weighted by Crippen LogP contribution is -2.36. The molecule has 2 aromatic rings. The number of rotatable bonds is 1. The van der Waals surface area contributed by atoms with Crippen LogP contribution in [0, 0.1) is 11.3 Å². The van der Waals surface area contributed by atoms with E-state index < -0.39 is 0 Å². The smallest absolute Gasteiger partial charge is 0.277 e. The SMILES string of the molecule is CC(C)(C)C1=CC(=O)NC2=CC(=NC(=O)c3ccc4ccccc4c3)C=CC21. The second-order valence-corrected chi connectivity index (χ2v) is 8.18. The fourth-order valence-electron chi connectivity index (χ4n) is 3.65. The van der Waals surface area contributed by atoms with E-state index in [1.165, 1.54) is 0 Å². The molecule has 2 amide bonds. The van der Waals surface area contributed by atoms with Gasteiger partial charge < -0.3 is 5.32 Å². The van der Waals surface area contributed by atoms with Gasteiger partial charge in [-0.25, -0.2) is 4.99 Å². The van der Waals surface area contributed by atoms with Crippen molar-refractivity contribution in [2.75, 3.05) is 0 Å². The van der Waals surface area contributed by atoms with Crippen molar-refractivity contribution in [2.45, 2.75) is 20.8 Å². The van der Waals surface area contributed by atoms with Gasteiger partial charge in [0.1, 0.15) is 0 Å². The molecule has 0 saturated carbocycles. The molecular weight excluding hydrogens is 348 g/mol. The standard InChI is InChI=1S/C24H22N2O2/c1-24(2,3)20-14-22(27)26-21-13-18(10-11-19(20)21)25-23(28)17-9-8-15-6-4-5-7-16(15)12-17/h4-14,19H,1-3H3,(H,26,27). The highest BCUT2D eigenvalue weighted by Gasteiger charge is 2.32. The summed E-state index contributed by atoms with van der Waals surface area (Å²) in [5.41, 5.74) is 2.79. The molecule has 1 N–H and O–H groups in total. The largest absolute Gasteiger partial charge is 0.325 e. The molecule has 28 heavy (non-hydrogen) atoms. The molecule has 0 saturated heterocycles. The Morgan fingerprint density at radius 2 is 1.79 bits per heavy atom. The fourth-order valence-corrected chi connectivity index (χ4v) is 3.65. The van der Waals surface area contributed by atoms with E-state index in [-0.39, 0.29) is 23.1 Å². The topological polar surface area (TPSA) is 58.5 Å². The number of hydrogen-bond acceptors (Lipinski definition) is 2. The van der Waals surface area contributed by atoms with E-state index >= 15 is 0 Å². The summed E-state index contributed by atoms with van der Waals surface area (Å²) in [5.74, 6) is -0.426. The quantitative estimate of drug-likeness (QED) is 0.798. The van der Waals surface area contributed by atoms with Crippen LogP contribution in [-0.4, -0.2) is 17.5 Å². The molecule has 0 bridgehead atoms. The van der Waals surface area contributed by atoms with Crippen LogP contribution in [0.1, 0.15) is 31.1 Å². The molecule has 1 unspecified atom stereocenters. The van der Waals surface area contributed by atoms with E-state index in [1.807, 2.05) is 48.6 Å². The van der Waals surface area contributed by atoms with E-state index in [0.717, 1.165) is 22.0 Å². The molecule has 1 atom stereocenters. The summed E-state index contributed by atoms with van der Waals surface area (Å²) in [6, 6.07) is 13.5. The van der Waals surface area contributed by atoms with E-state index in [0.29, 0.717) is 11.3 Å². The minimum absolute atomic E-state index is 0.00687. The number of allylic oxidation sites excluding steroid dienone is 3. The van der Waals surface area contributed by atoms with Crippen LogP contribution in [0.2, 0.25) is 0 Å². The molecule has 1 heterocycles. The zero-order chi connectivity index (χ0) is 19.9. The summed E-state index contributed by atoms with van der Waals surface area (Å²) in [6.45, 7) is 6.28. The number of aliphatic imine (C=N–C) groups is 1. The lowest BCUT2D eigenvalue weighted by Gasteiger charge is -2.34. The van der Waals surface area contributed by atoms with Crippen molar-refractivity contribution in [3.05, 3.63) is 83.6 Å². The summed E-state index contributed by atoms with van der Waals surface area (Å²) in [7, 11) is 0. The maximum Gasteiger partial charge on any atom is 0.277 e. The number of nitrogens with zero attached hydrogens (tertiary/aromatic N) is 1. The summed E-state index contributed by atoms with van der Waals surface area (Å²) in [5, 5.41) is 4.98. The van der Waals surface area contributed by atoms with Crippen molar-refractivity contribution in [3.8, 4) is 0 Å². The summed E-state index contributed by atoms with van der Waals surface area (Å²) in [4.78, 5) is 29.0. The first-order valence-electron chi connectivity index (χ1n) is 9.36. The van der Waals surface area contributed by atoms with Crippen LogP contribution in [0.5, 0.6) is 0 Å². The maximum atomic E-state index is 12.7. The predicted octanol–water partition coefficient (Wildman–Crippen LogP) is 4.59. The van der Waals surface area contributed by atoms with Gasteiger partial charge in [-0.3, -0.25) is 9.59 Å². The molecule has 4 heteroatoms. The van der Waals surface area contributed by atoms with Gasteiger partial charge in [-0.1, -0.05) is 57.2 Å². The first-order chi connectivity index (χ1) is 13.3. The van der Waals surface area contributed by atoms with E-state index in [1.54, 1.807) is 18.2 Å². The van der Waals surface area contributed by atoms with Gasteiger partial charge in [-0.2, -0.15) is 0 Å². The summed E-state index contributed by atoms with van der Waals surface area (Å²) >= 11 is 0. The Hall–Kier alpha value is -3.27. The first-order valence-corrected chi connectivity index (χ1v) is 9.36. The van der Waals surface area contributed by atoms with Crippen LogP contribution in [-0.2, 0) is 4.79 Å². The lowest BCUT2D eigenvalue weighted by molar-refractivity contribution is -0.116. The van der Waals surface area contributed by atoms with Gasteiger partial charge in [0.15, 0.2) is 0 Å². The normalized spacial score (nSPS) is 20.5. The third-order valence-corrected chi connectivity index (χ3v) is 5.08. The molecule has 0 fully saturated rings. The molecule has 0 radical (unpaired) electrons. The third kappa shape index (κ3) is 3.46. The number of fused-ring (bicyclic) bond motifs is 2. The molecular formula is C24H22N2O2. The second-order valence-electron chi connectivity index (χ2n) is 8.18. The highest BCUT2D eigenvalue weighted by atomic mass is 16.2. The van der Waals surface area contributed by atoms with Gasteiger partial charge in [0.2, 0.25) is 5.91 Å². The highest BCUT2D eigenvalue weighted by molar-refractivity contribution is 6.14. The average molecular weight is 370 g/mol. The van der Waals surface area contributed by atoms with E-state index in [4.69, 9.17) is 0 Å². The molecule has 1 aliphatic heterocycles. The Balaban J connectivity index is 1.64. The number of amides is 2. The first kappa shape index (κ1) is 18.1. The van der Waals surface area contributed by atoms with Crippen LogP contribution in [0.25, 0.3) is 10.8 Å². The molecule has 2 aliphatic rings. The fraction of sp³-hybridized carbons (Fsp3) is 0.208. The number of carbonyl (C=O) groups is 2. The summed E-state index contributed by atoms with van der Waals surface area (Å²) in [6.07, 6.45) is 7.32. The summed E-state index contributed by atoms with van der Waals surface area (Å²) < 4.78 is 0. The van der Waals surface area contributed by atoms with Crippen LogP contribution in [0.3, 0.4) is 0 Å². The van der Waals surface area contributed by atoms with Crippen LogP contribution in [0.15, 0.2) is 83.0 Å². The Bertz CT molecular complexity index is 1110. The monoisotopic (exact) mass is 370 g/mol. The van der Waals surface area contributed by atoms with Gasteiger partial charge in [-0.05, 0) is 46.0 Å². The van der Waals surface area contributed by atoms with Gasteiger partial charge in [0.05, 0.1) is 5.71 Å². The van der Waals surface area contributed by atoms with Crippen molar-refractivity contribution >= 4 is 28.3 Å². The van der Waals surface area contributed by atoms with E-state index in [9.17, 15) is 9.59 Å². The molecule has 4 nitrogen and oxygen atoms in total. The average Bonchev–Trinajstić information content (AvgIpc) is 2.66. The second kappa shape index (κ2) is 6.71. The third-order valence-electron chi connectivity index (χ3n) is 5.08. The van der Waals surface area contributed by atoms with Crippen LogP contribution < -0.4 is 5.32 Å². The number of carbonyl (C=O) groups excluding carboxylic acids is 2. The zero-order valence-corrected chi connectivity index (χ0v) is 16.2. The van der Waals surface area contributed by atoms with Crippen molar-refractivity contribution in [2.24, 2.45) is 16.3 Å². The molecule has 4 rings (SSSR count). The molecule has 0 aromatic heterocycles. The van der Waals surface area contributed by atoms with Crippen molar-refractivity contribution in [1.29, 1.82) is 0 Å². The Labute approximate surface area is 164 Å². The number of hydrogen-bond donors (Lipinski definition) is 1. The Morgan fingerprint density at radius 1 is 1.04 bits per heavy atom. The molecule has 0 spiro atoms. The minimum atomic E-state index is -0.297. The van der Waals surface area contributed by atoms with Crippen molar-refractivity contribution < 1.29 is 9.59 Å². The molecule has 1 aliphatic carbocycles. The Kier molecular flexibility index (Phi) is 4.34. The molecule has 2 aromatic carbocycles. The van der Waals surface area contributed by atoms with Gasteiger partial charge in [-0.15, -0.1) is 0 Å². The lowest BCUT2D eigenvalue weighted by atomic mass is 9.74. The van der Waals surface area contributed by atoms with Gasteiger partial charge in [0.25, 0.3) is 5.91 Å². The zero-order valence-electron chi connectivity index (χ0n) is 16.2. The number of benzene rings is 2. The van der Waals surface area contributed by atoms with Crippen molar-refractivity contribution in [3.63, 3.8) is 0 Å². The van der Waals surface area contributed by atoms with Crippen molar-refractivity contribution in [1.82, 2.24) is 5.32 Å². The highest BCUT2D eigenvalue weighted by Crippen LogP contribution is 2.38. The Morgan fingerprint density at radius 3 is 2.54 bits per heavy atom. The van der Waals surface area contributed by atoms with Crippen LogP contribution in [0.4, 0.5) is 0 Å². The maximum absolute atomic E-state index is 12.7. The molecule has 140 valence electrons. The van der Waals surface area contributed by atoms with E-state index in [2.05, 4.69) is 31.1 Å². The minimum Gasteiger partial charge on any atom is -0.325 e. The number of nitrogens with one attached hydrogen (secondary N) is 1. The predicted molar refractivity (Wildman–Crippen MR) is 112 cm³/mol. The van der Waals surface area contributed by atoms with Gasteiger partial charge in [0, 0.05) is 23.3 Å².